The van der Waals surface area contributed by atoms with Crippen molar-refractivity contribution >= 4 is 5.69 Å². The molecule has 0 radical (unpaired) electrons. The monoisotopic (exact) mass is 310 g/mol. The summed E-state index contributed by atoms with van der Waals surface area (Å²) < 4.78 is 1.43. The van der Waals surface area contributed by atoms with Crippen molar-refractivity contribution in [1.29, 1.82) is 0 Å². The Kier molecular flexibility index (Phi) is 5.90. The van der Waals surface area contributed by atoms with Crippen LogP contribution in [-0.4, -0.2) is 51.0 Å². The quantitative estimate of drug-likeness (QED) is 0.614. The van der Waals surface area contributed by atoms with E-state index in [1.165, 1.54) is 42.8 Å². The number of rotatable bonds is 7. The Morgan fingerprint density at radius 3 is 2.77 bits per heavy atom. The second kappa shape index (κ2) is 7.69. The fourth-order valence-electron chi connectivity index (χ4n) is 3.21. The molecule has 0 bridgehead atoms. The van der Waals surface area contributed by atoms with Crippen molar-refractivity contribution < 1.29 is 10.0 Å². The van der Waals surface area contributed by atoms with Gasteiger partial charge in [-0.3, -0.25) is 14.8 Å². The van der Waals surface area contributed by atoms with Crippen LogP contribution in [0.1, 0.15) is 32.6 Å². The van der Waals surface area contributed by atoms with Crippen LogP contribution in [0.3, 0.4) is 0 Å². The minimum atomic E-state index is -0.577. The summed E-state index contributed by atoms with van der Waals surface area (Å²) in [5.41, 5.74) is -0.0446. The van der Waals surface area contributed by atoms with E-state index in [0.717, 1.165) is 18.4 Å². The molecule has 0 aliphatic heterocycles. The average Bonchev–Trinajstić information content (AvgIpc) is 2.89. The van der Waals surface area contributed by atoms with Gasteiger partial charge in [-0.1, -0.05) is 19.8 Å². The van der Waals surface area contributed by atoms with Crippen LogP contribution in [0.2, 0.25) is 0 Å². The topological polar surface area (TPSA) is 84.4 Å². The Bertz CT molecular complexity index is 483. The maximum Gasteiger partial charge on any atom is 0.306 e. The Hall–Kier alpha value is -1.47. The molecule has 1 heterocycles. The van der Waals surface area contributed by atoms with E-state index in [4.69, 9.17) is 0 Å². The third-order valence-corrected chi connectivity index (χ3v) is 4.46. The molecule has 2 rings (SSSR count). The van der Waals surface area contributed by atoms with Gasteiger partial charge in [-0.05, 0) is 31.7 Å². The molecular formula is C15H26N4O3. The van der Waals surface area contributed by atoms with Gasteiger partial charge in [0.1, 0.15) is 12.4 Å². The van der Waals surface area contributed by atoms with E-state index in [1.807, 2.05) is 7.05 Å². The summed E-state index contributed by atoms with van der Waals surface area (Å²) >= 11 is 0. The molecule has 1 saturated carbocycles. The highest BCUT2D eigenvalue weighted by Crippen LogP contribution is 2.28. The smallest absolute Gasteiger partial charge is 0.306 e. The van der Waals surface area contributed by atoms with Gasteiger partial charge in [-0.25, -0.2) is 0 Å². The van der Waals surface area contributed by atoms with Gasteiger partial charge in [0.2, 0.25) is 0 Å². The summed E-state index contributed by atoms with van der Waals surface area (Å²) in [7, 11) is 2.02. The number of aromatic nitrogens is 2. The molecule has 0 saturated heterocycles. The van der Waals surface area contributed by atoms with Crippen molar-refractivity contribution in [2.24, 2.45) is 11.8 Å². The molecule has 0 spiro atoms. The van der Waals surface area contributed by atoms with Gasteiger partial charge < -0.3 is 10.0 Å². The first-order valence-corrected chi connectivity index (χ1v) is 7.97. The predicted molar refractivity (Wildman–Crippen MR) is 83.5 cm³/mol. The first-order valence-electron chi connectivity index (χ1n) is 7.97. The van der Waals surface area contributed by atoms with Crippen LogP contribution in [0.15, 0.2) is 12.4 Å². The van der Waals surface area contributed by atoms with Crippen molar-refractivity contribution in [3.05, 3.63) is 22.5 Å². The summed E-state index contributed by atoms with van der Waals surface area (Å²) in [6, 6.07) is 0. The molecule has 1 atom stereocenters. The zero-order chi connectivity index (χ0) is 16.1. The second-order valence-corrected chi connectivity index (χ2v) is 6.68. The lowest BCUT2D eigenvalue weighted by Crippen LogP contribution is -2.36. The SMILES string of the molecule is CC1CCC(CN(C)CC(O)Cn2cc([N+](=O)[O-])cn2)CC1. The van der Waals surface area contributed by atoms with E-state index >= 15 is 0 Å². The van der Waals surface area contributed by atoms with Gasteiger partial charge >= 0.3 is 5.69 Å². The van der Waals surface area contributed by atoms with Gasteiger partial charge in [0.05, 0.1) is 17.6 Å². The lowest BCUT2D eigenvalue weighted by atomic mass is 9.83. The predicted octanol–water partition coefficient (Wildman–Crippen LogP) is 1.91. The Balaban J connectivity index is 1.73. The van der Waals surface area contributed by atoms with E-state index in [9.17, 15) is 15.2 Å². The Labute approximate surface area is 131 Å². The fraction of sp³-hybridized carbons (Fsp3) is 0.800. The minimum Gasteiger partial charge on any atom is -0.390 e. The minimum absolute atomic E-state index is 0.0446. The van der Waals surface area contributed by atoms with Crippen molar-refractivity contribution in [1.82, 2.24) is 14.7 Å². The van der Waals surface area contributed by atoms with Crippen LogP contribution in [0.4, 0.5) is 5.69 Å². The third kappa shape index (κ3) is 5.06. The second-order valence-electron chi connectivity index (χ2n) is 6.68. The number of hydrogen-bond acceptors (Lipinski definition) is 5. The summed E-state index contributed by atoms with van der Waals surface area (Å²) in [5, 5.41) is 24.6. The molecule has 1 unspecified atom stereocenters. The largest absolute Gasteiger partial charge is 0.390 e. The lowest BCUT2D eigenvalue weighted by molar-refractivity contribution is -0.385. The number of aliphatic hydroxyl groups excluding tert-OH is 1. The van der Waals surface area contributed by atoms with E-state index in [2.05, 4.69) is 16.9 Å². The van der Waals surface area contributed by atoms with Crippen LogP contribution < -0.4 is 0 Å². The normalized spacial score (nSPS) is 23.6. The van der Waals surface area contributed by atoms with Gasteiger partial charge in [-0.2, -0.15) is 5.10 Å². The summed E-state index contributed by atoms with van der Waals surface area (Å²) in [5.74, 6) is 1.57. The third-order valence-electron chi connectivity index (χ3n) is 4.46. The first-order chi connectivity index (χ1) is 10.4. The Morgan fingerprint density at radius 1 is 1.50 bits per heavy atom. The van der Waals surface area contributed by atoms with Crippen LogP contribution in [-0.2, 0) is 6.54 Å². The zero-order valence-electron chi connectivity index (χ0n) is 13.4. The maximum absolute atomic E-state index is 10.6. The van der Waals surface area contributed by atoms with Gasteiger partial charge in [0.25, 0.3) is 0 Å². The molecule has 1 aromatic rings. The highest BCUT2D eigenvalue weighted by molar-refractivity contribution is 5.20. The number of nitrogens with zero attached hydrogens (tertiary/aromatic N) is 4. The lowest BCUT2D eigenvalue weighted by Gasteiger charge is -2.30. The van der Waals surface area contributed by atoms with Crippen molar-refractivity contribution in [3.8, 4) is 0 Å². The zero-order valence-corrected chi connectivity index (χ0v) is 13.4. The summed E-state index contributed by atoms with van der Waals surface area (Å²) in [4.78, 5) is 12.3. The standard InChI is InChI=1S/C15H26N4O3/c1-12-3-5-13(6-4-12)8-17(2)10-15(20)11-18-9-14(7-16-18)19(21)22/h7,9,12-13,15,20H,3-6,8,10-11H2,1-2H3. The van der Waals surface area contributed by atoms with E-state index in [0.29, 0.717) is 6.54 Å². The van der Waals surface area contributed by atoms with Gasteiger partial charge in [0, 0.05) is 13.1 Å². The molecule has 124 valence electrons. The van der Waals surface area contributed by atoms with E-state index in [-0.39, 0.29) is 12.2 Å². The van der Waals surface area contributed by atoms with Crippen LogP contribution in [0.5, 0.6) is 0 Å². The van der Waals surface area contributed by atoms with Crippen LogP contribution in [0.25, 0.3) is 0 Å². The molecule has 0 aromatic carbocycles. The Morgan fingerprint density at radius 2 is 2.18 bits per heavy atom. The fourth-order valence-corrected chi connectivity index (χ4v) is 3.21. The number of hydrogen-bond donors (Lipinski definition) is 1. The number of aliphatic hydroxyl groups is 1. The molecule has 1 aromatic heterocycles. The van der Waals surface area contributed by atoms with Gasteiger partial charge in [0.15, 0.2) is 0 Å². The first kappa shape index (κ1) is 16.9. The maximum atomic E-state index is 10.6. The van der Waals surface area contributed by atoms with Crippen molar-refractivity contribution in [2.45, 2.75) is 45.3 Å². The molecule has 7 nitrogen and oxygen atoms in total. The molecule has 7 heteroatoms. The van der Waals surface area contributed by atoms with E-state index < -0.39 is 11.0 Å². The van der Waals surface area contributed by atoms with Crippen molar-refractivity contribution in [2.75, 3.05) is 20.1 Å². The molecule has 22 heavy (non-hydrogen) atoms. The highest BCUT2D eigenvalue weighted by atomic mass is 16.6. The number of nitro groups is 1. The molecule has 1 fully saturated rings. The van der Waals surface area contributed by atoms with Crippen molar-refractivity contribution in [3.63, 3.8) is 0 Å². The molecule has 0 amide bonds. The molecular weight excluding hydrogens is 284 g/mol. The molecule has 1 aliphatic carbocycles. The molecule has 1 N–H and O–H groups in total. The van der Waals surface area contributed by atoms with Crippen LogP contribution >= 0.6 is 0 Å². The number of likely N-dealkylation sites (N-methyl/N-ethyl adjacent to an activating group) is 1. The summed E-state index contributed by atoms with van der Waals surface area (Å²) in [6.45, 7) is 4.15. The average molecular weight is 310 g/mol. The highest BCUT2D eigenvalue weighted by Gasteiger charge is 2.20. The van der Waals surface area contributed by atoms with Gasteiger partial charge in [-0.15, -0.1) is 0 Å². The van der Waals surface area contributed by atoms with E-state index in [1.54, 1.807) is 0 Å². The summed E-state index contributed by atoms with van der Waals surface area (Å²) in [6.07, 6.45) is 7.13. The van der Waals surface area contributed by atoms with Crippen LogP contribution in [0, 0.1) is 22.0 Å². The molecule has 1 aliphatic rings.